The minimum Gasteiger partial charge on any atom is -0.273 e. The Bertz CT molecular complexity index is 696. The van der Waals surface area contributed by atoms with Crippen LogP contribution in [0.3, 0.4) is 0 Å². The number of amides is 1. The molecule has 0 aromatic heterocycles. The number of benzene rings is 2. The molecule has 0 radical (unpaired) electrons. The highest BCUT2D eigenvalue weighted by Crippen LogP contribution is 2.14. The largest absolute Gasteiger partial charge is 0.273 e. The monoisotopic (exact) mass is 406 g/mol. The van der Waals surface area contributed by atoms with E-state index in [1.807, 2.05) is 48.5 Å². The lowest BCUT2D eigenvalue weighted by atomic mass is 10.1. The molecule has 0 bridgehead atoms. The molecular weight excluding hydrogens is 388 g/mol. The summed E-state index contributed by atoms with van der Waals surface area (Å²) in [5, 5.41) is 5.03. The van der Waals surface area contributed by atoms with E-state index < -0.39 is 0 Å². The van der Waals surface area contributed by atoms with Gasteiger partial charge in [-0.2, -0.15) is 5.10 Å². The summed E-state index contributed by atoms with van der Waals surface area (Å²) in [4.78, 5) is 12.1. The molecule has 0 fully saturated rings. The lowest BCUT2D eigenvalue weighted by molar-refractivity contribution is -0.120. The molecule has 0 aliphatic rings. The van der Waals surface area contributed by atoms with Crippen LogP contribution in [0.1, 0.15) is 37.3 Å². The maximum Gasteiger partial charge on any atom is 0.244 e. The van der Waals surface area contributed by atoms with Gasteiger partial charge in [-0.25, -0.2) is 5.43 Å². The molecule has 0 heterocycles. The zero-order valence-corrected chi connectivity index (χ0v) is 15.9. The van der Waals surface area contributed by atoms with Crippen molar-refractivity contribution in [1.82, 2.24) is 5.43 Å². The van der Waals surface area contributed by atoms with E-state index in [-0.39, 0.29) is 5.91 Å². The van der Waals surface area contributed by atoms with E-state index in [0.717, 1.165) is 40.6 Å². The average Bonchev–Trinajstić information content (AvgIpc) is 2.58. The molecule has 3 nitrogen and oxygen atoms in total. The molecule has 5 heteroatoms. The van der Waals surface area contributed by atoms with E-state index in [9.17, 15) is 4.79 Å². The van der Waals surface area contributed by atoms with Crippen molar-refractivity contribution in [2.75, 3.05) is 0 Å². The molecule has 1 N–H and O–H groups in total. The van der Waals surface area contributed by atoms with Gasteiger partial charge in [0.2, 0.25) is 5.91 Å². The number of nitrogens with zero attached hydrogens (tertiary/aromatic N) is 1. The van der Waals surface area contributed by atoms with Crippen LogP contribution in [0.5, 0.6) is 0 Å². The van der Waals surface area contributed by atoms with Crippen LogP contribution < -0.4 is 5.43 Å². The first-order chi connectivity index (χ1) is 11.6. The molecule has 126 valence electrons. The van der Waals surface area contributed by atoms with Crippen LogP contribution in [0.25, 0.3) is 0 Å². The third-order valence-corrected chi connectivity index (χ3v) is 4.32. The summed E-state index contributed by atoms with van der Waals surface area (Å²) < 4.78 is 0.995. The minimum atomic E-state index is -0.125. The smallest absolute Gasteiger partial charge is 0.244 e. The van der Waals surface area contributed by atoms with Crippen LogP contribution in [-0.2, 0) is 11.2 Å². The summed E-state index contributed by atoms with van der Waals surface area (Å²) in [7, 11) is 0. The summed E-state index contributed by atoms with van der Waals surface area (Å²) in [5.74, 6) is -0.125. The van der Waals surface area contributed by atoms with Crippen molar-refractivity contribution >= 4 is 39.1 Å². The van der Waals surface area contributed by atoms with Crippen LogP contribution in [-0.4, -0.2) is 11.6 Å². The quantitative estimate of drug-likeness (QED) is 0.487. The molecule has 1 amide bonds. The van der Waals surface area contributed by atoms with Gasteiger partial charge in [-0.1, -0.05) is 65.1 Å². The number of unbranched alkanes of at least 4 members (excludes halogenated alkanes) is 1. The van der Waals surface area contributed by atoms with Crippen LogP contribution in [0.15, 0.2) is 58.1 Å². The molecule has 2 aromatic rings. The van der Waals surface area contributed by atoms with E-state index in [1.54, 1.807) is 0 Å². The predicted octanol–water partition coefficient (Wildman–Crippen LogP) is 5.36. The Kier molecular flexibility index (Phi) is 7.47. The third kappa shape index (κ3) is 6.10. The third-order valence-electron chi connectivity index (χ3n) is 3.54. The van der Waals surface area contributed by atoms with Gasteiger partial charge >= 0.3 is 0 Å². The average molecular weight is 408 g/mol. The molecule has 0 saturated heterocycles. The molecule has 0 aliphatic heterocycles. The highest BCUT2D eigenvalue weighted by atomic mass is 79.9. The van der Waals surface area contributed by atoms with Crippen molar-refractivity contribution < 1.29 is 4.79 Å². The normalized spacial score (nSPS) is 11.4. The van der Waals surface area contributed by atoms with Gasteiger partial charge in [0, 0.05) is 9.50 Å². The first kappa shape index (κ1) is 18.7. The number of carbonyl (C=O) groups excluding carboxylic acids is 1. The topological polar surface area (TPSA) is 41.5 Å². The first-order valence-electron chi connectivity index (χ1n) is 7.94. The number of hydrazone groups is 1. The molecule has 2 aromatic carbocycles. The van der Waals surface area contributed by atoms with Gasteiger partial charge in [-0.3, -0.25) is 4.79 Å². The van der Waals surface area contributed by atoms with Gasteiger partial charge in [0.1, 0.15) is 0 Å². The fraction of sp³-hybridized carbons (Fsp3) is 0.263. The number of rotatable bonds is 7. The van der Waals surface area contributed by atoms with Crippen molar-refractivity contribution in [3.63, 3.8) is 0 Å². The Balaban J connectivity index is 2.04. The minimum absolute atomic E-state index is 0.125. The number of carbonyl (C=O) groups is 1. The van der Waals surface area contributed by atoms with E-state index in [1.165, 1.54) is 0 Å². The van der Waals surface area contributed by atoms with Crippen molar-refractivity contribution in [3.05, 3.63) is 69.2 Å². The number of hydrogen-bond acceptors (Lipinski definition) is 2. The molecule has 2 rings (SSSR count). The number of hydrogen-bond donors (Lipinski definition) is 1. The Hall–Kier alpha value is -1.65. The van der Waals surface area contributed by atoms with Crippen molar-refractivity contribution in [2.24, 2.45) is 5.10 Å². The SMILES string of the molecule is CCCCC(=NNC(=O)Cc1ccc(Br)cc1)c1ccc(Cl)cc1. The van der Waals surface area contributed by atoms with Crippen molar-refractivity contribution in [1.29, 1.82) is 0 Å². The molecular formula is C19H20BrClN2O. The second kappa shape index (κ2) is 9.60. The van der Waals surface area contributed by atoms with Gasteiger partial charge in [0.15, 0.2) is 0 Å². The Morgan fingerprint density at radius 2 is 1.79 bits per heavy atom. The molecule has 0 saturated carbocycles. The van der Waals surface area contributed by atoms with Crippen LogP contribution in [0.4, 0.5) is 0 Å². The number of halogens is 2. The van der Waals surface area contributed by atoms with E-state index in [2.05, 4.69) is 33.4 Å². The highest BCUT2D eigenvalue weighted by Gasteiger charge is 2.06. The summed E-state index contributed by atoms with van der Waals surface area (Å²) in [6.07, 6.45) is 3.21. The Labute approximate surface area is 156 Å². The van der Waals surface area contributed by atoms with Gasteiger partial charge in [-0.15, -0.1) is 0 Å². The Morgan fingerprint density at radius 1 is 1.12 bits per heavy atom. The summed E-state index contributed by atoms with van der Waals surface area (Å²) in [5.41, 5.74) is 5.48. The standard InChI is InChI=1S/C19H20BrClN2O/c1-2-3-4-18(15-7-11-17(21)12-8-15)22-23-19(24)13-14-5-9-16(20)10-6-14/h5-12H,2-4,13H2,1H3,(H,23,24). The number of nitrogens with one attached hydrogen (secondary N) is 1. The van der Waals surface area contributed by atoms with Gasteiger partial charge in [-0.05, 0) is 48.2 Å². The van der Waals surface area contributed by atoms with Crippen LogP contribution in [0, 0.1) is 0 Å². The second-order valence-corrected chi connectivity index (χ2v) is 6.86. The van der Waals surface area contributed by atoms with E-state index in [4.69, 9.17) is 11.6 Å². The first-order valence-corrected chi connectivity index (χ1v) is 9.11. The zero-order valence-electron chi connectivity index (χ0n) is 13.6. The summed E-state index contributed by atoms with van der Waals surface area (Å²) in [6, 6.07) is 15.2. The fourth-order valence-electron chi connectivity index (χ4n) is 2.21. The highest BCUT2D eigenvalue weighted by molar-refractivity contribution is 9.10. The van der Waals surface area contributed by atoms with Gasteiger partial charge in [0.25, 0.3) is 0 Å². The van der Waals surface area contributed by atoms with Crippen LogP contribution >= 0.6 is 27.5 Å². The molecule has 0 atom stereocenters. The van der Waals surface area contributed by atoms with E-state index in [0.29, 0.717) is 11.4 Å². The second-order valence-electron chi connectivity index (χ2n) is 5.51. The van der Waals surface area contributed by atoms with Crippen molar-refractivity contribution in [3.8, 4) is 0 Å². The maximum absolute atomic E-state index is 12.1. The van der Waals surface area contributed by atoms with Crippen LogP contribution in [0.2, 0.25) is 5.02 Å². The van der Waals surface area contributed by atoms with Crippen molar-refractivity contribution in [2.45, 2.75) is 32.6 Å². The summed E-state index contributed by atoms with van der Waals surface area (Å²) in [6.45, 7) is 2.13. The molecule has 0 spiro atoms. The maximum atomic E-state index is 12.1. The lowest BCUT2D eigenvalue weighted by Gasteiger charge is -2.08. The molecule has 24 heavy (non-hydrogen) atoms. The lowest BCUT2D eigenvalue weighted by Crippen LogP contribution is -2.22. The van der Waals surface area contributed by atoms with Gasteiger partial charge in [0.05, 0.1) is 12.1 Å². The van der Waals surface area contributed by atoms with Gasteiger partial charge < -0.3 is 0 Å². The molecule has 0 unspecified atom stereocenters. The summed E-state index contributed by atoms with van der Waals surface area (Å²) >= 11 is 9.32. The fourth-order valence-corrected chi connectivity index (χ4v) is 2.60. The predicted molar refractivity (Wildman–Crippen MR) is 104 cm³/mol. The zero-order chi connectivity index (χ0) is 17.4. The Morgan fingerprint density at radius 3 is 2.42 bits per heavy atom. The molecule has 0 aliphatic carbocycles. The van der Waals surface area contributed by atoms with E-state index >= 15 is 0 Å².